The van der Waals surface area contributed by atoms with Gasteiger partial charge in [-0.15, -0.1) is 0 Å². The molecule has 5 rings (SSSR count). The molecule has 1 saturated heterocycles. The van der Waals surface area contributed by atoms with Crippen LogP contribution in [0.1, 0.15) is 48.6 Å². The van der Waals surface area contributed by atoms with Gasteiger partial charge >= 0.3 is 0 Å². The molecule has 2 aromatic rings. The summed E-state index contributed by atoms with van der Waals surface area (Å²) < 4.78 is 5.10. The van der Waals surface area contributed by atoms with E-state index in [1.165, 1.54) is 0 Å². The fourth-order valence-electron chi connectivity index (χ4n) is 4.87. The van der Waals surface area contributed by atoms with Gasteiger partial charge in [-0.2, -0.15) is 5.26 Å². The minimum atomic E-state index is 0.0484. The zero-order valence-corrected chi connectivity index (χ0v) is 19.0. The van der Waals surface area contributed by atoms with Crippen LogP contribution in [-0.2, 0) is 9.53 Å². The summed E-state index contributed by atoms with van der Waals surface area (Å²) in [6.07, 6.45) is 8.04. The van der Waals surface area contributed by atoms with Crippen LogP contribution in [0, 0.1) is 17.2 Å². The molecular formula is C26H29N5O2. The number of aromatic nitrogens is 2. The first-order valence-electron chi connectivity index (χ1n) is 11.7. The van der Waals surface area contributed by atoms with Gasteiger partial charge in [-0.25, -0.2) is 4.98 Å². The molecule has 0 radical (unpaired) electrons. The topological polar surface area (TPSA) is 82.4 Å². The van der Waals surface area contributed by atoms with Gasteiger partial charge in [0.1, 0.15) is 18.5 Å². The minimum absolute atomic E-state index is 0.0484. The Morgan fingerprint density at radius 3 is 2.79 bits per heavy atom. The molecule has 3 heterocycles. The van der Waals surface area contributed by atoms with Gasteiger partial charge in [0.2, 0.25) is 5.91 Å². The molecule has 3 aliphatic rings. The summed E-state index contributed by atoms with van der Waals surface area (Å²) in [5.41, 5.74) is 4.48. The van der Waals surface area contributed by atoms with Gasteiger partial charge in [0.15, 0.2) is 0 Å². The Kier molecular flexibility index (Phi) is 5.86. The number of amides is 1. The number of ether oxygens (including phenoxy) is 1. The number of carbonyl (C=O) groups is 1. The van der Waals surface area contributed by atoms with Crippen LogP contribution in [0.25, 0.3) is 17.2 Å². The standard InChI is InChI=1S/C26H29N5O2/c1-3-21-12-19(8-9-28-21)22-13-20(14-27)26(29-25(22)18-6-7-18)30-10-11-31(24(32)16-33-2)23(15-30)17-4-5-17/h3,8-9,12-13,17-18,23H,1,4-7,10-11,15-16H2,2H3. The van der Waals surface area contributed by atoms with Crippen LogP contribution in [0.3, 0.4) is 0 Å². The van der Waals surface area contributed by atoms with Crippen LogP contribution in [-0.4, -0.2) is 60.2 Å². The Bertz CT molecular complexity index is 1120. The summed E-state index contributed by atoms with van der Waals surface area (Å²) >= 11 is 0. The molecule has 7 nitrogen and oxygen atoms in total. The van der Waals surface area contributed by atoms with Crippen molar-refractivity contribution in [2.75, 3.05) is 38.3 Å². The SMILES string of the molecule is C=Cc1cc(-c2cc(C#N)c(N3CCN(C(=O)COC)C(C4CC4)C3)nc2C2CC2)ccn1. The number of nitrogens with zero attached hydrogens (tertiary/aromatic N) is 5. The summed E-state index contributed by atoms with van der Waals surface area (Å²) in [4.78, 5) is 26.2. The fraction of sp³-hybridized carbons (Fsp3) is 0.462. The van der Waals surface area contributed by atoms with E-state index in [0.717, 1.165) is 54.0 Å². The first kappa shape index (κ1) is 21.6. The second-order valence-corrected chi connectivity index (χ2v) is 9.22. The van der Waals surface area contributed by atoms with E-state index in [1.807, 2.05) is 23.1 Å². The molecule has 7 heteroatoms. The molecule has 0 bridgehead atoms. The second-order valence-electron chi connectivity index (χ2n) is 9.22. The first-order chi connectivity index (χ1) is 16.1. The van der Waals surface area contributed by atoms with E-state index >= 15 is 0 Å². The number of methoxy groups -OCH3 is 1. The van der Waals surface area contributed by atoms with Crippen LogP contribution in [0.4, 0.5) is 5.82 Å². The zero-order valence-electron chi connectivity index (χ0n) is 19.0. The van der Waals surface area contributed by atoms with E-state index < -0.39 is 0 Å². The van der Waals surface area contributed by atoms with E-state index in [4.69, 9.17) is 9.72 Å². The third-order valence-electron chi connectivity index (χ3n) is 6.89. The Morgan fingerprint density at radius 1 is 1.30 bits per heavy atom. The lowest BCUT2D eigenvalue weighted by molar-refractivity contribution is -0.138. The molecule has 1 unspecified atom stereocenters. The van der Waals surface area contributed by atoms with E-state index in [0.29, 0.717) is 37.0 Å². The highest BCUT2D eigenvalue weighted by atomic mass is 16.5. The smallest absolute Gasteiger partial charge is 0.248 e. The maximum Gasteiger partial charge on any atom is 0.248 e. The van der Waals surface area contributed by atoms with Gasteiger partial charge in [0.25, 0.3) is 0 Å². The number of hydrogen-bond acceptors (Lipinski definition) is 6. The largest absolute Gasteiger partial charge is 0.375 e. The van der Waals surface area contributed by atoms with Crippen molar-refractivity contribution in [1.29, 1.82) is 5.26 Å². The van der Waals surface area contributed by atoms with Gasteiger partial charge in [-0.05, 0) is 61.4 Å². The van der Waals surface area contributed by atoms with Crippen LogP contribution < -0.4 is 4.90 Å². The van der Waals surface area contributed by atoms with Crippen LogP contribution >= 0.6 is 0 Å². The third-order valence-corrected chi connectivity index (χ3v) is 6.89. The average Bonchev–Trinajstić information content (AvgIpc) is 3.76. The molecule has 1 aliphatic heterocycles. The number of nitriles is 1. The van der Waals surface area contributed by atoms with Gasteiger partial charge in [-0.3, -0.25) is 9.78 Å². The van der Waals surface area contributed by atoms with Gasteiger partial charge < -0.3 is 14.5 Å². The number of anilines is 1. The zero-order chi connectivity index (χ0) is 22.9. The van der Waals surface area contributed by atoms with E-state index in [9.17, 15) is 10.1 Å². The lowest BCUT2D eigenvalue weighted by Crippen LogP contribution is -2.57. The van der Waals surface area contributed by atoms with E-state index in [2.05, 4.69) is 22.5 Å². The highest BCUT2D eigenvalue weighted by Gasteiger charge is 2.41. The molecule has 33 heavy (non-hydrogen) atoms. The summed E-state index contributed by atoms with van der Waals surface area (Å²) in [5.74, 6) is 1.75. The fourth-order valence-corrected chi connectivity index (χ4v) is 4.87. The maximum atomic E-state index is 12.6. The van der Waals surface area contributed by atoms with Crippen molar-refractivity contribution in [3.05, 3.63) is 47.9 Å². The molecule has 3 fully saturated rings. The summed E-state index contributed by atoms with van der Waals surface area (Å²) in [5, 5.41) is 10.0. The van der Waals surface area contributed by atoms with E-state index in [1.54, 1.807) is 19.4 Å². The molecular weight excluding hydrogens is 414 g/mol. The number of hydrogen-bond donors (Lipinski definition) is 0. The molecule has 2 saturated carbocycles. The van der Waals surface area contributed by atoms with Crippen LogP contribution in [0.15, 0.2) is 31.0 Å². The van der Waals surface area contributed by atoms with Crippen LogP contribution in [0.5, 0.6) is 0 Å². The molecule has 170 valence electrons. The van der Waals surface area contributed by atoms with Crippen molar-refractivity contribution in [2.45, 2.75) is 37.6 Å². The molecule has 1 amide bonds. The van der Waals surface area contributed by atoms with Crippen molar-refractivity contribution in [2.24, 2.45) is 5.92 Å². The van der Waals surface area contributed by atoms with Crippen LogP contribution in [0.2, 0.25) is 0 Å². The Hall–Kier alpha value is -3.24. The number of piperazine rings is 1. The Morgan fingerprint density at radius 2 is 2.12 bits per heavy atom. The summed E-state index contributed by atoms with van der Waals surface area (Å²) in [6, 6.07) is 8.50. The first-order valence-corrected chi connectivity index (χ1v) is 11.7. The number of rotatable bonds is 7. The highest BCUT2D eigenvalue weighted by molar-refractivity contribution is 5.78. The molecule has 0 spiro atoms. The maximum absolute atomic E-state index is 12.6. The average molecular weight is 444 g/mol. The van der Waals surface area contributed by atoms with Crippen molar-refractivity contribution < 1.29 is 9.53 Å². The third kappa shape index (κ3) is 4.36. The van der Waals surface area contributed by atoms with Gasteiger partial charge in [-0.1, -0.05) is 6.58 Å². The Labute approximate surface area is 194 Å². The predicted octanol–water partition coefficient (Wildman–Crippen LogP) is 3.61. The molecule has 2 aromatic heterocycles. The Balaban J connectivity index is 1.50. The molecule has 1 atom stereocenters. The normalized spacial score (nSPS) is 20.4. The molecule has 0 N–H and O–H groups in total. The lowest BCUT2D eigenvalue weighted by atomic mass is 9.98. The molecule has 2 aliphatic carbocycles. The van der Waals surface area contributed by atoms with Crippen molar-refractivity contribution in [1.82, 2.24) is 14.9 Å². The number of carbonyl (C=O) groups excluding carboxylic acids is 1. The van der Waals surface area contributed by atoms with Gasteiger partial charge in [0, 0.05) is 44.4 Å². The van der Waals surface area contributed by atoms with Crippen molar-refractivity contribution in [3.8, 4) is 17.2 Å². The number of pyridine rings is 2. The van der Waals surface area contributed by atoms with Crippen molar-refractivity contribution in [3.63, 3.8) is 0 Å². The quantitative estimate of drug-likeness (QED) is 0.650. The monoisotopic (exact) mass is 443 g/mol. The van der Waals surface area contributed by atoms with E-state index in [-0.39, 0.29) is 18.6 Å². The highest BCUT2D eigenvalue weighted by Crippen LogP contribution is 2.45. The van der Waals surface area contributed by atoms with Gasteiger partial charge in [0.05, 0.1) is 23.0 Å². The summed E-state index contributed by atoms with van der Waals surface area (Å²) in [6.45, 7) is 5.95. The minimum Gasteiger partial charge on any atom is -0.375 e. The second kappa shape index (κ2) is 8.95. The molecule has 0 aromatic carbocycles. The predicted molar refractivity (Wildman–Crippen MR) is 127 cm³/mol. The lowest BCUT2D eigenvalue weighted by Gasteiger charge is -2.42. The van der Waals surface area contributed by atoms with Crippen molar-refractivity contribution >= 4 is 17.8 Å². The summed E-state index contributed by atoms with van der Waals surface area (Å²) in [7, 11) is 1.56.